The predicted octanol–water partition coefficient (Wildman–Crippen LogP) is 3.80. The van der Waals surface area contributed by atoms with Crippen LogP contribution in [0, 0.1) is 20.8 Å². The van der Waals surface area contributed by atoms with E-state index in [2.05, 4.69) is 5.32 Å². The third-order valence-electron chi connectivity index (χ3n) is 4.22. The molecule has 0 fully saturated rings. The van der Waals surface area contributed by atoms with Crippen LogP contribution in [0.5, 0.6) is 0 Å². The average molecular weight is 388 g/mol. The van der Waals surface area contributed by atoms with Crippen molar-refractivity contribution in [1.29, 1.82) is 0 Å². The first kappa shape index (κ1) is 20.6. The smallest absolute Gasteiger partial charge is 0.341 e. The summed E-state index contributed by atoms with van der Waals surface area (Å²) in [5, 5.41) is 3.09. The van der Waals surface area contributed by atoms with Crippen molar-refractivity contribution >= 4 is 34.1 Å². The molecule has 1 aromatic carbocycles. The lowest BCUT2D eigenvalue weighted by Crippen LogP contribution is -2.21. The number of aryl methyl sites for hydroxylation is 2. The van der Waals surface area contributed by atoms with E-state index in [1.165, 1.54) is 4.90 Å². The number of ether oxygens (including phenoxy) is 1. The van der Waals surface area contributed by atoms with E-state index in [4.69, 9.17) is 4.74 Å². The molecular formula is C20H24N2O4S. The third kappa shape index (κ3) is 4.36. The van der Waals surface area contributed by atoms with Gasteiger partial charge < -0.3 is 15.0 Å². The average Bonchev–Trinajstić information content (AvgIpc) is 2.92. The van der Waals surface area contributed by atoms with Gasteiger partial charge in [0.2, 0.25) is 0 Å². The summed E-state index contributed by atoms with van der Waals surface area (Å²) in [5.41, 5.74) is 3.31. The molecule has 0 radical (unpaired) electrons. The first-order valence-electron chi connectivity index (χ1n) is 8.58. The van der Waals surface area contributed by atoms with E-state index in [9.17, 15) is 14.4 Å². The van der Waals surface area contributed by atoms with E-state index in [1.54, 1.807) is 40.1 Å². The van der Waals surface area contributed by atoms with Crippen LogP contribution in [0.4, 0.5) is 5.00 Å². The van der Waals surface area contributed by atoms with Gasteiger partial charge in [0, 0.05) is 19.7 Å². The minimum absolute atomic E-state index is 0.204. The molecule has 144 valence electrons. The Kier molecular flexibility index (Phi) is 6.38. The molecular weight excluding hydrogens is 364 g/mol. The number of anilines is 1. The maximum Gasteiger partial charge on any atom is 0.341 e. The second kappa shape index (κ2) is 8.35. The van der Waals surface area contributed by atoms with Gasteiger partial charge in [-0.15, -0.1) is 11.3 Å². The maximum absolute atomic E-state index is 12.7. The molecule has 27 heavy (non-hydrogen) atoms. The number of carbonyl (C=O) groups excluding carboxylic acids is 3. The summed E-state index contributed by atoms with van der Waals surface area (Å²) in [4.78, 5) is 39.4. The molecule has 0 unspecified atom stereocenters. The van der Waals surface area contributed by atoms with Gasteiger partial charge in [-0.3, -0.25) is 9.59 Å². The van der Waals surface area contributed by atoms with Crippen LogP contribution in [0.15, 0.2) is 18.2 Å². The van der Waals surface area contributed by atoms with Gasteiger partial charge in [0.1, 0.15) is 5.00 Å². The van der Waals surface area contributed by atoms with Gasteiger partial charge in [0.05, 0.1) is 17.0 Å². The van der Waals surface area contributed by atoms with Gasteiger partial charge >= 0.3 is 5.97 Å². The second-order valence-electron chi connectivity index (χ2n) is 6.43. The van der Waals surface area contributed by atoms with Crippen molar-refractivity contribution in [1.82, 2.24) is 4.90 Å². The Morgan fingerprint density at radius 1 is 1.11 bits per heavy atom. The zero-order valence-electron chi connectivity index (χ0n) is 16.4. The number of nitrogens with one attached hydrogen (secondary N) is 1. The lowest BCUT2D eigenvalue weighted by molar-refractivity contribution is 0.0527. The van der Waals surface area contributed by atoms with E-state index in [0.29, 0.717) is 21.0 Å². The van der Waals surface area contributed by atoms with Gasteiger partial charge in [-0.05, 0) is 56.5 Å². The number of nitrogens with zero attached hydrogens (tertiary/aromatic N) is 1. The molecule has 1 heterocycles. The Morgan fingerprint density at radius 2 is 1.78 bits per heavy atom. The molecule has 0 aliphatic heterocycles. The molecule has 0 aliphatic carbocycles. The predicted molar refractivity (Wildman–Crippen MR) is 107 cm³/mol. The number of benzene rings is 1. The number of rotatable bonds is 5. The highest BCUT2D eigenvalue weighted by Gasteiger charge is 2.27. The van der Waals surface area contributed by atoms with Gasteiger partial charge in [0.15, 0.2) is 0 Å². The normalized spacial score (nSPS) is 10.4. The summed E-state index contributed by atoms with van der Waals surface area (Å²) in [6, 6.07) is 5.40. The Morgan fingerprint density at radius 3 is 2.33 bits per heavy atom. The quantitative estimate of drug-likeness (QED) is 0.791. The lowest BCUT2D eigenvalue weighted by atomic mass is 10.1. The second-order valence-corrected chi connectivity index (χ2v) is 7.45. The van der Waals surface area contributed by atoms with Gasteiger partial charge in [0.25, 0.3) is 11.8 Å². The summed E-state index contributed by atoms with van der Waals surface area (Å²) in [6.45, 7) is 7.50. The molecule has 0 saturated heterocycles. The van der Waals surface area contributed by atoms with Crippen LogP contribution in [0.3, 0.4) is 0 Å². The molecule has 1 aromatic heterocycles. The molecule has 2 amide bonds. The van der Waals surface area contributed by atoms with Crippen LogP contribution in [0.2, 0.25) is 0 Å². The van der Waals surface area contributed by atoms with Crippen molar-refractivity contribution in [3.05, 3.63) is 50.9 Å². The standard InChI is InChI=1S/C20H24N2O4S/c1-7-26-20(25)15-13(4)16(19(24)22(5)6)27-18(15)21-17(23)14-9-8-11(2)12(3)10-14/h8-10H,7H2,1-6H3,(H,21,23). The first-order chi connectivity index (χ1) is 12.7. The number of amides is 2. The molecule has 2 rings (SSSR count). The van der Waals surface area contributed by atoms with Crippen LogP contribution >= 0.6 is 11.3 Å². The van der Waals surface area contributed by atoms with Crippen molar-refractivity contribution in [3.63, 3.8) is 0 Å². The Bertz CT molecular complexity index is 900. The molecule has 0 bridgehead atoms. The van der Waals surface area contributed by atoms with Crippen molar-refractivity contribution < 1.29 is 19.1 Å². The van der Waals surface area contributed by atoms with Crippen LogP contribution in [0.1, 0.15) is 54.0 Å². The highest BCUT2D eigenvalue weighted by Crippen LogP contribution is 2.34. The minimum Gasteiger partial charge on any atom is -0.462 e. The van der Waals surface area contributed by atoms with Gasteiger partial charge in [-0.25, -0.2) is 4.79 Å². The Hall–Kier alpha value is -2.67. The largest absolute Gasteiger partial charge is 0.462 e. The van der Waals surface area contributed by atoms with Crippen LogP contribution in [-0.2, 0) is 4.74 Å². The highest BCUT2D eigenvalue weighted by atomic mass is 32.1. The molecule has 6 nitrogen and oxygen atoms in total. The molecule has 1 N–H and O–H groups in total. The van der Waals surface area contributed by atoms with E-state index < -0.39 is 5.97 Å². The molecule has 0 atom stereocenters. The number of thiophene rings is 1. The summed E-state index contributed by atoms with van der Waals surface area (Å²) < 4.78 is 5.12. The van der Waals surface area contributed by atoms with Gasteiger partial charge in [-0.2, -0.15) is 0 Å². The molecule has 7 heteroatoms. The maximum atomic E-state index is 12.7. The van der Waals surface area contributed by atoms with Crippen LogP contribution < -0.4 is 5.32 Å². The monoisotopic (exact) mass is 388 g/mol. The fourth-order valence-electron chi connectivity index (χ4n) is 2.52. The topological polar surface area (TPSA) is 75.7 Å². The first-order valence-corrected chi connectivity index (χ1v) is 9.39. The summed E-state index contributed by atoms with van der Waals surface area (Å²) in [6.07, 6.45) is 0. The minimum atomic E-state index is -0.556. The summed E-state index contributed by atoms with van der Waals surface area (Å²) >= 11 is 1.08. The zero-order chi connectivity index (χ0) is 20.3. The van der Waals surface area contributed by atoms with E-state index in [1.807, 2.05) is 19.9 Å². The zero-order valence-corrected chi connectivity index (χ0v) is 17.2. The number of esters is 1. The number of hydrogen-bond acceptors (Lipinski definition) is 5. The fraction of sp³-hybridized carbons (Fsp3) is 0.350. The van der Waals surface area contributed by atoms with Crippen LogP contribution in [0.25, 0.3) is 0 Å². The number of carbonyl (C=O) groups is 3. The van der Waals surface area contributed by atoms with Crippen molar-refractivity contribution in [2.24, 2.45) is 0 Å². The Balaban J connectivity index is 2.45. The van der Waals surface area contributed by atoms with Crippen molar-refractivity contribution in [2.75, 3.05) is 26.0 Å². The summed E-state index contributed by atoms with van der Waals surface area (Å²) in [7, 11) is 3.28. The molecule has 0 aliphatic rings. The fourth-order valence-corrected chi connectivity index (χ4v) is 3.73. The Labute approximate surface area is 163 Å². The number of hydrogen-bond donors (Lipinski definition) is 1. The summed E-state index contributed by atoms with van der Waals surface area (Å²) in [5.74, 6) is -1.12. The van der Waals surface area contributed by atoms with Gasteiger partial charge in [-0.1, -0.05) is 6.07 Å². The SMILES string of the molecule is CCOC(=O)c1c(NC(=O)c2ccc(C)c(C)c2)sc(C(=O)N(C)C)c1C. The van der Waals surface area contributed by atoms with Crippen LogP contribution in [-0.4, -0.2) is 43.4 Å². The molecule has 0 saturated carbocycles. The third-order valence-corrected chi connectivity index (χ3v) is 5.42. The molecule has 2 aromatic rings. The lowest BCUT2D eigenvalue weighted by Gasteiger charge is -2.09. The van der Waals surface area contributed by atoms with Crippen molar-refractivity contribution in [2.45, 2.75) is 27.7 Å². The van der Waals surface area contributed by atoms with E-state index in [-0.39, 0.29) is 24.0 Å². The van der Waals surface area contributed by atoms with E-state index in [0.717, 1.165) is 22.5 Å². The van der Waals surface area contributed by atoms with Crippen molar-refractivity contribution in [3.8, 4) is 0 Å². The highest BCUT2D eigenvalue weighted by molar-refractivity contribution is 7.18. The molecule has 0 spiro atoms. The van der Waals surface area contributed by atoms with E-state index >= 15 is 0 Å².